The first kappa shape index (κ1) is 11.2. The molecule has 4 heteroatoms. The minimum atomic E-state index is -0.366. The van der Waals surface area contributed by atoms with E-state index in [9.17, 15) is 9.18 Å². The summed E-state index contributed by atoms with van der Waals surface area (Å²) in [6.45, 7) is 1.64. The molecule has 2 nitrogen and oxygen atoms in total. The van der Waals surface area contributed by atoms with Gasteiger partial charge >= 0.3 is 5.97 Å². The van der Waals surface area contributed by atoms with Gasteiger partial charge in [0.15, 0.2) is 0 Å². The lowest BCUT2D eigenvalue weighted by Gasteiger charge is -2.06. The molecule has 0 heterocycles. The van der Waals surface area contributed by atoms with Gasteiger partial charge in [-0.3, -0.25) is 4.79 Å². The Kier molecular flexibility index (Phi) is 3.63. The molecule has 0 aromatic heterocycles. The maximum absolute atomic E-state index is 13.3. The summed E-state index contributed by atoms with van der Waals surface area (Å²) >= 11 is 3.07. The predicted molar refractivity (Wildman–Crippen MR) is 54.6 cm³/mol. The van der Waals surface area contributed by atoms with Gasteiger partial charge < -0.3 is 4.74 Å². The third kappa shape index (κ3) is 2.32. The van der Waals surface area contributed by atoms with E-state index in [0.717, 1.165) is 0 Å². The summed E-state index contributed by atoms with van der Waals surface area (Å²) in [5.74, 6) is -0.693. The molecule has 0 N–H and O–H groups in total. The molecule has 14 heavy (non-hydrogen) atoms. The van der Waals surface area contributed by atoms with Crippen LogP contribution in [0.5, 0.6) is 0 Å². The average molecular weight is 261 g/mol. The quantitative estimate of drug-likeness (QED) is 0.765. The Morgan fingerprint density at radius 2 is 2.21 bits per heavy atom. The molecule has 0 saturated heterocycles. The number of esters is 1. The van der Waals surface area contributed by atoms with Crippen LogP contribution in [0.4, 0.5) is 4.39 Å². The lowest BCUT2D eigenvalue weighted by Crippen LogP contribution is -2.06. The first-order chi connectivity index (χ1) is 6.56. The van der Waals surface area contributed by atoms with Crippen molar-refractivity contribution in [2.45, 2.75) is 13.3 Å². The Morgan fingerprint density at radius 3 is 2.79 bits per heavy atom. The lowest BCUT2D eigenvalue weighted by atomic mass is 10.1. The van der Waals surface area contributed by atoms with Gasteiger partial charge in [-0.1, -0.05) is 6.07 Å². The Morgan fingerprint density at radius 1 is 1.57 bits per heavy atom. The maximum Gasteiger partial charge on any atom is 0.309 e. The van der Waals surface area contributed by atoms with Crippen molar-refractivity contribution in [1.82, 2.24) is 0 Å². The number of hydrogen-bond acceptors (Lipinski definition) is 2. The van der Waals surface area contributed by atoms with E-state index in [1.54, 1.807) is 19.1 Å². The number of rotatable bonds is 2. The molecule has 1 rings (SSSR count). The molecule has 0 bridgehead atoms. The molecule has 0 aliphatic heterocycles. The van der Waals surface area contributed by atoms with E-state index in [-0.39, 0.29) is 18.2 Å². The van der Waals surface area contributed by atoms with Crippen LogP contribution in [0, 0.1) is 12.7 Å². The fourth-order valence-electron chi connectivity index (χ4n) is 1.11. The number of hydrogen-bond donors (Lipinski definition) is 0. The van der Waals surface area contributed by atoms with Gasteiger partial charge in [-0.05, 0) is 40.0 Å². The summed E-state index contributed by atoms with van der Waals surface area (Å²) in [5, 5.41) is 0. The summed E-state index contributed by atoms with van der Waals surface area (Å²) in [5.41, 5.74) is 1.13. The fraction of sp³-hybridized carbons (Fsp3) is 0.300. The summed E-state index contributed by atoms with van der Waals surface area (Å²) in [7, 11) is 1.31. The first-order valence-electron chi connectivity index (χ1n) is 4.06. The standard InChI is InChI=1S/C10H10BrFO2/c1-6-7(5-9(13)14-2)3-4-8(11)10(6)12/h3-4H,5H2,1-2H3. The number of carbonyl (C=O) groups excluding carboxylic acids is 1. The molecule has 0 spiro atoms. The second-order valence-corrected chi connectivity index (χ2v) is 3.75. The van der Waals surface area contributed by atoms with Crippen LogP contribution in [0.15, 0.2) is 16.6 Å². The smallest absolute Gasteiger partial charge is 0.309 e. The Bertz CT molecular complexity index is 363. The molecular formula is C10H10BrFO2. The molecule has 76 valence electrons. The van der Waals surface area contributed by atoms with Gasteiger partial charge in [-0.15, -0.1) is 0 Å². The van der Waals surface area contributed by atoms with E-state index in [0.29, 0.717) is 15.6 Å². The van der Waals surface area contributed by atoms with Crippen molar-refractivity contribution < 1.29 is 13.9 Å². The van der Waals surface area contributed by atoms with Gasteiger partial charge in [-0.2, -0.15) is 0 Å². The first-order valence-corrected chi connectivity index (χ1v) is 4.86. The van der Waals surface area contributed by atoms with E-state index in [1.807, 2.05) is 0 Å². The molecule has 0 aliphatic rings. The molecule has 0 radical (unpaired) electrons. The zero-order valence-electron chi connectivity index (χ0n) is 7.93. The third-order valence-electron chi connectivity index (χ3n) is 2.01. The van der Waals surface area contributed by atoms with Gasteiger partial charge in [0.1, 0.15) is 5.82 Å². The number of ether oxygens (including phenoxy) is 1. The van der Waals surface area contributed by atoms with Crippen molar-refractivity contribution >= 4 is 21.9 Å². The van der Waals surface area contributed by atoms with Crippen molar-refractivity contribution in [3.8, 4) is 0 Å². The number of benzene rings is 1. The van der Waals surface area contributed by atoms with Crippen LogP contribution >= 0.6 is 15.9 Å². The SMILES string of the molecule is COC(=O)Cc1ccc(Br)c(F)c1C. The summed E-state index contributed by atoms with van der Waals surface area (Å²) in [6, 6.07) is 3.29. The number of carbonyl (C=O) groups is 1. The average Bonchev–Trinajstić information content (AvgIpc) is 2.19. The number of methoxy groups -OCH3 is 1. The van der Waals surface area contributed by atoms with Crippen molar-refractivity contribution in [1.29, 1.82) is 0 Å². The Balaban J connectivity index is 3.00. The Hall–Kier alpha value is -0.900. The highest BCUT2D eigenvalue weighted by molar-refractivity contribution is 9.10. The normalized spacial score (nSPS) is 10.0. The van der Waals surface area contributed by atoms with Crippen LogP contribution in [-0.2, 0) is 16.0 Å². The summed E-state index contributed by atoms with van der Waals surface area (Å²) in [4.78, 5) is 11.0. The Labute approximate surface area is 90.2 Å². The molecule has 0 amide bonds. The molecule has 0 aliphatic carbocycles. The van der Waals surface area contributed by atoms with Gasteiger partial charge in [0.25, 0.3) is 0 Å². The van der Waals surface area contributed by atoms with Crippen LogP contribution in [0.2, 0.25) is 0 Å². The summed E-state index contributed by atoms with van der Waals surface area (Å²) in [6.07, 6.45) is 0.104. The predicted octanol–water partition coefficient (Wildman–Crippen LogP) is 2.61. The van der Waals surface area contributed by atoms with E-state index < -0.39 is 0 Å². The van der Waals surface area contributed by atoms with Gasteiger partial charge in [-0.25, -0.2) is 4.39 Å². The maximum atomic E-state index is 13.3. The van der Waals surface area contributed by atoms with Crippen molar-refractivity contribution in [3.05, 3.63) is 33.5 Å². The van der Waals surface area contributed by atoms with E-state index in [1.165, 1.54) is 7.11 Å². The van der Waals surface area contributed by atoms with Crippen LogP contribution in [-0.4, -0.2) is 13.1 Å². The van der Waals surface area contributed by atoms with Crippen LogP contribution in [0.25, 0.3) is 0 Å². The monoisotopic (exact) mass is 260 g/mol. The molecule has 0 saturated carbocycles. The van der Waals surface area contributed by atoms with Gasteiger partial charge in [0, 0.05) is 0 Å². The molecule has 0 atom stereocenters. The van der Waals surface area contributed by atoms with Crippen molar-refractivity contribution in [3.63, 3.8) is 0 Å². The lowest BCUT2D eigenvalue weighted by molar-refractivity contribution is -0.139. The second kappa shape index (κ2) is 4.55. The fourth-order valence-corrected chi connectivity index (χ4v) is 1.54. The van der Waals surface area contributed by atoms with Gasteiger partial charge in [0.05, 0.1) is 18.0 Å². The largest absolute Gasteiger partial charge is 0.469 e. The van der Waals surface area contributed by atoms with E-state index >= 15 is 0 Å². The van der Waals surface area contributed by atoms with Crippen molar-refractivity contribution in [2.75, 3.05) is 7.11 Å². The van der Waals surface area contributed by atoms with Crippen LogP contribution in [0.1, 0.15) is 11.1 Å². The second-order valence-electron chi connectivity index (χ2n) is 2.90. The van der Waals surface area contributed by atoms with Crippen LogP contribution < -0.4 is 0 Å². The highest BCUT2D eigenvalue weighted by Gasteiger charge is 2.11. The highest BCUT2D eigenvalue weighted by Crippen LogP contribution is 2.21. The molecule has 1 aromatic carbocycles. The molecule has 1 aromatic rings. The third-order valence-corrected chi connectivity index (χ3v) is 2.63. The molecule has 0 unspecified atom stereocenters. The zero-order chi connectivity index (χ0) is 10.7. The van der Waals surface area contributed by atoms with E-state index in [4.69, 9.17) is 0 Å². The minimum absolute atomic E-state index is 0.104. The number of halogens is 2. The summed E-state index contributed by atoms with van der Waals surface area (Å²) < 4.78 is 18.3. The topological polar surface area (TPSA) is 26.3 Å². The van der Waals surface area contributed by atoms with Crippen LogP contribution in [0.3, 0.4) is 0 Å². The zero-order valence-corrected chi connectivity index (χ0v) is 9.52. The van der Waals surface area contributed by atoms with Gasteiger partial charge in [0.2, 0.25) is 0 Å². The molecule has 0 fully saturated rings. The minimum Gasteiger partial charge on any atom is -0.469 e. The highest BCUT2D eigenvalue weighted by atomic mass is 79.9. The van der Waals surface area contributed by atoms with Crippen molar-refractivity contribution in [2.24, 2.45) is 0 Å². The molecular weight excluding hydrogens is 251 g/mol. The van der Waals surface area contributed by atoms with E-state index in [2.05, 4.69) is 20.7 Å².